The van der Waals surface area contributed by atoms with Crippen molar-refractivity contribution < 1.29 is 19.0 Å². The first-order chi connectivity index (χ1) is 10.0. The molecule has 0 saturated carbocycles. The van der Waals surface area contributed by atoms with E-state index in [0.717, 1.165) is 5.52 Å². The van der Waals surface area contributed by atoms with E-state index in [1.165, 1.54) is 7.11 Å². The van der Waals surface area contributed by atoms with Gasteiger partial charge in [-0.2, -0.15) is 0 Å². The van der Waals surface area contributed by atoms with Crippen LogP contribution in [0.5, 0.6) is 11.5 Å². The Hall–Kier alpha value is -1.95. The molecule has 1 aromatic heterocycles. The third-order valence-electron chi connectivity index (χ3n) is 3.15. The Bertz CT molecular complexity index is 667. The van der Waals surface area contributed by atoms with Crippen LogP contribution in [0.3, 0.4) is 0 Å². The van der Waals surface area contributed by atoms with Gasteiger partial charge in [0, 0.05) is 12.1 Å². The Morgan fingerprint density at radius 1 is 1.29 bits per heavy atom. The molecule has 1 unspecified atom stereocenters. The van der Waals surface area contributed by atoms with Gasteiger partial charge in [-0.15, -0.1) is 11.6 Å². The van der Waals surface area contributed by atoms with E-state index in [9.17, 15) is 4.79 Å². The van der Waals surface area contributed by atoms with Crippen molar-refractivity contribution in [2.75, 3.05) is 21.3 Å². The molecule has 0 amide bonds. The number of methoxy groups -OCH3 is 3. The summed E-state index contributed by atoms with van der Waals surface area (Å²) in [6.45, 7) is 1.83. The Labute approximate surface area is 127 Å². The van der Waals surface area contributed by atoms with Crippen molar-refractivity contribution in [2.45, 2.75) is 18.8 Å². The van der Waals surface area contributed by atoms with Gasteiger partial charge in [0.15, 0.2) is 11.5 Å². The highest BCUT2D eigenvalue weighted by Crippen LogP contribution is 2.34. The number of carbonyl (C=O) groups excluding carboxylic acids is 1. The highest BCUT2D eigenvalue weighted by Gasteiger charge is 2.19. The molecule has 114 valence electrons. The normalized spacial score (nSPS) is 12.2. The van der Waals surface area contributed by atoms with Crippen molar-refractivity contribution in [1.29, 1.82) is 0 Å². The first kappa shape index (κ1) is 15.4. The molecule has 0 N–H and O–H groups in total. The SMILES string of the molecule is COC(=O)Cn1c(C(C)Cl)nc2cc(OC)c(OC)cc21. The first-order valence-electron chi connectivity index (χ1n) is 6.34. The summed E-state index contributed by atoms with van der Waals surface area (Å²) in [5, 5.41) is -0.348. The number of benzene rings is 1. The third kappa shape index (κ3) is 2.90. The Morgan fingerprint density at radius 3 is 2.43 bits per heavy atom. The summed E-state index contributed by atoms with van der Waals surface area (Å²) in [5.74, 6) is 1.35. The predicted molar refractivity (Wildman–Crippen MR) is 79.1 cm³/mol. The van der Waals surface area contributed by atoms with Crippen LogP contribution in [0.1, 0.15) is 18.1 Å². The van der Waals surface area contributed by atoms with E-state index in [1.54, 1.807) is 37.8 Å². The third-order valence-corrected chi connectivity index (χ3v) is 3.35. The first-order valence-corrected chi connectivity index (χ1v) is 6.78. The summed E-state index contributed by atoms with van der Waals surface area (Å²) < 4.78 is 17.0. The summed E-state index contributed by atoms with van der Waals surface area (Å²) in [6, 6.07) is 3.53. The van der Waals surface area contributed by atoms with Gasteiger partial charge in [-0.25, -0.2) is 4.98 Å². The molecule has 0 aliphatic carbocycles. The minimum absolute atomic E-state index is 0.0366. The second-order valence-electron chi connectivity index (χ2n) is 4.44. The highest BCUT2D eigenvalue weighted by atomic mass is 35.5. The standard InChI is InChI=1S/C14H17ClN2O4/c1-8(15)14-16-9-5-11(19-2)12(20-3)6-10(9)17(14)7-13(18)21-4/h5-6,8H,7H2,1-4H3. The molecule has 0 radical (unpaired) electrons. The average molecular weight is 313 g/mol. The minimum atomic E-state index is -0.373. The number of carbonyl (C=O) groups is 1. The maximum atomic E-state index is 11.6. The fraction of sp³-hybridized carbons (Fsp3) is 0.429. The molecule has 0 aliphatic heterocycles. The van der Waals surface area contributed by atoms with E-state index >= 15 is 0 Å². The lowest BCUT2D eigenvalue weighted by Gasteiger charge is -2.10. The van der Waals surface area contributed by atoms with Crippen molar-refractivity contribution in [2.24, 2.45) is 0 Å². The molecule has 1 aromatic carbocycles. The van der Waals surface area contributed by atoms with E-state index < -0.39 is 0 Å². The number of fused-ring (bicyclic) bond motifs is 1. The van der Waals surface area contributed by atoms with Gasteiger partial charge in [-0.1, -0.05) is 0 Å². The molecule has 6 nitrogen and oxygen atoms in total. The molecule has 2 rings (SSSR count). The van der Waals surface area contributed by atoms with Crippen molar-refractivity contribution >= 4 is 28.6 Å². The number of nitrogens with zero attached hydrogens (tertiary/aromatic N) is 2. The van der Waals surface area contributed by atoms with E-state index in [0.29, 0.717) is 22.8 Å². The second-order valence-corrected chi connectivity index (χ2v) is 5.10. The molecule has 0 spiro atoms. The number of aromatic nitrogens is 2. The minimum Gasteiger partial charge on any atom is -0.493 e. The number of alkyl halides is 1. The zero-order valence-corrected chi connectivity index (χ0v) is 13.1. The molecule has 2 aromatic rings. The lowest BCUT2D eigenvalue weighted by atomic mass is 10.2. The van der Waals surface area contributed by atoms with Crippen LogP contribution in [0.4, 0.5) is 0 Å². The van der Waals surface area contributed by atoms with Crippen molar-refractivity contribution in [3.05, 3.63) is 18.0 Å². The molecule has 1 heterocycles. The summed E-state index contributed by atoms with van der Waals surface area (Å²) in [4.78, 5) is 16.1. The second kappa shape index (κ2) is 6.22. The van der Waals surface area contributed by atoms with E-state index in [2.05, 4.69) is 4.98 Å². The smallest absolute Gasteiger partial charge is 0.325 e. The van der Waals surface area contributed by atoms with Gasteiger partial charge in [0.2, 0.25) is 0 Å². The number of esters is 1. The van der Waals surface area contributed by atoms with Crippen LogP contribution in [0.15, 0.2) is 12.1 Å². The van der Waals surface area contributed by atoms with Crippen LogP contribution in [-0.4, -0.2) is 36.8 Å². The number of hydrogen-bond donors (Lipinski definition) is 0. The van der Waals surface area contributed by atoms with Crippen LogP contribution < -0.4 is 9.47 Å². The maximum Gasteiger partial charge on any atom is 0.325 e. The molecule has 21 heavy (non-hydrogen) atoms. The molecule has 0 saturated heterocycles. The largest absolute Gasteiger partial charge is 0.493 e. The van der Waals surface area contributed by atoms with Gasteiger partial charge >= 0.3 is 5.97 Å². The van der Waals surface area contributed by atoms with E-state index in [4.69, 9.17) is 25.8 Å². The van der Waals surface area contributed by atoms with Crippen molar-refractivity contribution in [3.8, 4) is 11.5 Å². The number of halogens is 1. The fourth-order valence-electron chi connectivity index (χ4n) is 2.13. The lowest BCUT2D eigenvalue weighted by molar-refractivity contribution is -0.141. The molecule has 0 aliphatic rings. The van der Waals surface area contributed by atoms with Crippen molar-refractivity contribution in [1.82, 2.24) is 9.55 Å². The van der Waals surface area contributed by atoms with E-state index in [1.807, 2.05) is 0 Å². The monoisotopic (exact) mass is 312 g/mol. The number of ether oxygens (including phenoxy) is 3. The van der Waals surface area contributed by atoms with Gasteiger partial charge in [0.05, 0.1) is 37.7 Å². The average Bonchev–Trinajstić information content (AvgIpc) is 2.83. The molecular formula is C14H17ClN2O4. The van der Waals surface area contributed by atoms with Crippen LogP contribution in [0.2, 0.25) is 0 Å². The molecule has 0 bridgehead atoms. The highest BCUT2D eigenvalue weighted by molar-refractivity contribution is 6.20. The summed E-state index contributed by atoms with van der Waals surface area (Å²) >= 11 is 6.16. The Balaban J connectivity index is 2.66. The van der Waals surface area contributed by atoms with Gasteiger partial charge in [0.25, 0.3) is 0 Å². The van der Waals surface area contributed by atoms with Gasteiger partial charge in [0.1, 0.15) is 12.4 Å². The van der Waals surface area contributed by atoms with Crippen LogP contribution in [-0.2, 0) is 16.1 Å². The zero-order chi connectivity index (χ0) is 15.6. The van der Waals surface area contributed by atoms with Crippen LogP contribution in [0, 0.1) is 0 Å². The molecule has 1 atom stereocenters. The molecule has 7 heteroatoms. The zero-order valence-electron chi connectivity index (χ0n) is 12.3. The predicted octanol–water partition coefficient (Wildman–Crippen LogP) is 2.53. The lowest BCUT2D eigenvalue weighted by Crippen LogP contribution is -2.14. The van der Waals surface area contributed by atoms with Crippen molar-refractivity contribution in [3.63, 3.8) is 0 Å². The molecular weight excluding hydrogens is 296 g/mol. The number of rotatable bonds is 5. The quantitative estimate of drug-likeness (QED) is 0.627. The number of imidazole rings is 1. The maximum absolute atomic E-state index is 11.6. The number of hydrogen-bond acceptors (Lipinski definition) is 5. The summed E-state index contributed by atoms with van der Waals surface area (Å²) in [5.41, 5.74) is 1.42. The Kier molecular flexibility index (Phi) is 4.57. The van der Waals surface area contributed by atoms with Crippen LogP contribution >= 0.6 is 11.6 Å². The van der Waals surface area contributed by atoms with E-state index in [-0.39, 0.29) is 17.9 Å². The fourth-order valence-corrected chi connectivity index (χ4v) is 2.30. The van der Waals surface area contributed by atoms with Gasteiger partial charge < -0.3 is 18.8 Å². The summed E-state index contributed by atoms with van der Waals surface area (Å²) in [6.07, 6.45) is 0. The Morgan fingerprint density at radius 2 is 1.90 bits per heavy atom. The van der Waals surface area contributed by atoms with Gasteiger partial charge in [-0.3, -0.25) is 4.79 Å². The topological polar surface area (TPSA) is 62.6 Å². The van der Waals surface area contributed by atoms with Crippen LogP contribution in [0.25, 0.3) is 11.0 Å². The summed E-state index contributed by atoms with van der Waals surface area (Å²) in [7, 11) is 4.45. The molecule has 0 fully saturated rings. The van der Waals surface area contributed by atoms with Gasteiger partial charge in [-0.05, 0) is 6.92 Å².